The lowest BCUT2D eigenvalue weighted by molar-refractivity contribution is -0.146. The molecule has 0 saturated heterocycles. The lowest BCUT2D eigenvalue weighted by atomic mass is 9.81. The second-order valence-electron chi connectivity index (χ2n) is 7.67. The molecule has 1 atom stereocenters. The van der Waals surface area contributed by atoms with Gasteiger partial charge in [-0.3, -0.25) is 9.59 Å². The van der Waals surface area contributed by atoms with Crippen LogP contribution in [0.15, 0.2) is 48.5 Å². The average Bonchev–Trinajstić information content (AvgIpc) is 2.74. The maximum Gasteiger partial charge on any atom is 0.308 e. The Hall–Kier alpha value is -2.33. The first-order chi connectivity index (χ1) is 13.6. The second kappa shape index (κ2) is 7.96. The molecule has 2 aromatic rings. The topological polar surface area (TPSA) is 46.6 Å². The summed E-state index contributed by atoms with van der Waals surface area (Å²) in [6.45, 7) is 0. The number of nitrogens with zero attached hydrogens (tertiary/aromatic N) is 1. The molecular formula is C23H24ClNO3. The van der Waals surface area contributed by atoms with Gasteiger partial charge in [-0.2, -0.15) is 0 Å². The molecule has 146 valence electrons. The van der Waals surface area contributed by atoms with Gasteiger partial charge >= 0.3 is 5.97 Å². The fourth-order valence-corrected chi connectivity index (χ4v) is 4.76. The summed E-state index contributed by atoms with van der Waals surface area (Å²) in [7, 11) is 1.44. The van der Waals surface area contributed by atoms with E-state index in [1.165, 1.54) is 7.11 Å². The molecule has 1 amide bonds. The minimum atomic E-state index is -0.136. The van der Waals surface area contributed by atoms with E-state index in [-0.39, 0.29) is 29.9 Å². The lowest BCUT2D eigenvalue weighted by Gasteiger charge is -2.44. The maximum absolute atomic E-state index is 13.4. The number of esters is 1. The van der Waals surface area contributed by atoms with Crippen LogP contribution in [0.4, 0.5) is 0 Å². The SMILES string of the molecule is COC(=O)[C@H]1CC[C@@H](N2C(=O)c3ccccc3C[C@@H]2c2ccc(Cl)cc2)CC1. The summed E-state index contributed by atoms with van der Waals surface area (Å²) in [5.41, 5.74) is 2.98. The first-order valence-electron chi connectivity index (χ1n) is 9.82. The van der Waals surface area contributed by atoms with E-state index < -0.39 is 0 Å². The van der Waals surface area contributed by atoms with Crippen molar-refractivity contribution in [1.82, 2.24) is 4.90 Å². The lowest BCUT2D eigenvalue weighted by Crippen LogP contribution is -2.48. The number of fused-ring (bicyclic) bond motifs is 1. The third kappa shape index (κ3) is 3.53. The highest BCUT2D eigenvalue weighted by atomic mass is 35.5. The van der Waals surface area contributed by atoms with E-state index in [1.54, 1.807) is 0 Å². The van der Waals surface area contributed by atoms with Crippen LogP contribution in [-0.2, 0) is 16.0 Å². The normalized spacial score (nSPS) is 24.6. The Morgan fingerprint density at radius 3 is 2.39 bits per heavy atom. The monoisotopic (exact) mass is 397 g/mol. The third-order valence-electron chi connectivity index (χ3n) is 6.11. The number of amides is 1. The van der Waals surface area contributed by atoms with E-state index in [0.717, 1.165) is 48.8 Å². The predicted octanol–water partition coefficient (Wildman–Crippen LogP) is 4.81. The van der Waals surface area contributed by atoms with Crippen LogP contribution in [0.2, 0.25) is 5.02 Å². The second-order valence-corrected chi connectivity index (χ2v) is 8.11. The molecule has 0 spiro atoms. The Bertz CT molecular complexity index is 872. The van der Waals surface area contributed by atoms with Gasteiger partial charge in [-0.25, -0.2) is 0 Å². The number of carbonyl (C=O) groups is 2. The van der Waals surface area contributed by atoms with Crippen LogP contribution in [0.5, 0.6) is 0 Å². The number of rotatable bonds is 3. The van der Waals surface area contributed by atoms with E-state index in [4.69, 9.17) is 16.3 Å². The molecule has 0 N–H and O–H groups in total. The van der Waals surface area contributed by atoms with Gasteiger partial charge in [0.1, 0.15) is 0 Å². The van der Waals surface area contributed by atoms with Crippen LogP contribution in [-0.4, -0.2) is 29.9 Å². The molecule has 1 fully saturated rings. The minimum absolute atomic E-state index is 0.0145. The van der Waals surface area contributed by atoms with Crippen LogP contribution < -0.4 is 0 Å². The summed E-state index contributed by atoms with van der Waals surface area (Å²) >= 11 is 6.08. The fourth-order valence-electron chi connectivity index (χ4n) is 4.63. The van der Waals surface area contributed by atoms with Gasteiger partial charge in [0.2, 0.25) is 0 Å². The highest BCUT2D eigenvalue weighted by Crippen LogP contribution is 2.39. The van der Waals surface area contributed by atoms with Crippen LogP contribution in [0, 0.1) is 5.92 Å². The van der Waals surface area contributed by atoms with Crippen molar-refractivity contribution in [2.75, 3.05) is 7.11 Å². The fraction of sp³-hybridized carbons (Fsp3) is 0.391. The third-order valence-corrected chi connectivity index (χ3v) is 6.36. The molecular weight excluding hydrogens is 374 g/mol. The van der Waals surface area contributed by atoms with Gasteiger partial charge in [0.15, 0.2) is 0 Å². The molecule has 2 aliphatic rings. The van der Waals surface area contributed by atoms with Gasteiger partial charge in [0.05, 0.1) is 19.1 Å². The smallest absolute Gasteiger partial charge is 0.308 e. The van der Waals surface area contributed by atoms with Crippen molar-refractivity contribution in [3.05, 3.63) is 70.2 Å². The summed E-state index contributed by atoms with van der Waals surface area (Å²) in [5.74, 6) is -0.103. The van der Waals surface area contributed by atoms with Crippen molar-refractivity contribution < 1.29 is 14.3 Å². The van der Waals surface area contributed by atoms with Crippen LogP contribution in [0.25, 0.3) is 0 Å². The molecule has 1 aliphatic heterocycles. The molecule has 4 nitrogen and oxygen atoms in total. The Morgan fingerprint density at radius 2 is 1.71 bits per heavy atom. The van der Waals surface area contributed by atoms with E-state index in [2.05, 4.69) is 4.90 Å². The number of hydrogen-bond acceptors (Lipinski definition) is 3. The minimum Gasteiger partial charge on any atom is -0.469 e. The highest BCUT2D eigenvalue weighted by molar-refractivity contribution is 6.30. The molecule has 0 bridgehead atoms. The average molecular weight is 398 g/mol. The molecule has 0 radical (unpaired) electrons. The number of ether oxygens (including phenoxy) is 1. The zero-order valence-corrected chi connectivity index (χ0v) is 16.7. The summed E-state index contributed by atoms with van der Waals surface area (Å²) in [6, 6.07) is 15.8. The first-order valence-corrected chi connectivity index (χ1v) is 10.2. The van der Waals surface area contributed by atoms with Gasteiger partial charge in [0.25, 0.3) is 5.91 Å². The van der Waals surface area contributed by atoms with Crippen molar-refractivity contribution in [1.29, 1.82) is 0 Å². The molecule has 1 aliphatic carbocycles. The number of halogens is 1. The van der Waals surface area contributed by atoms with E-state index in [1.807, 2.05) is 48.5 Å². The molecule has 1 saturated carbocycles. The number of methoxy groups -OCH3 is 1. The standard InChI is InChI=1S/C23H24ClNO3/c1-28-23(27)16-8-12-19(13-9-16)25-21(15-6-10-18(24)11-7-15)14-17-4-2-3-5-20(17)22(25)26/h2-7,10-11,16,19,21H,8-9,12-14H2,1H3/t16-,19+,21-/m1/s1. The Labute approximate surface area is 170 Å². The van der Waals surface area contributed by atoms with Crippen LogP contribution in [0.1, 0.15) is 53.2 Å². The van der Waals surface area contributed by atoms with Gasteiger partial charge in [-0.1, -0.05) is 41.9 Å². The maximum atomic E-state index is 13.4. The van der Waals surface area contributed by atoms with Crippen molar-refractivity contribution >= 4 is 23.5 Å². The zero-order chi connectivity index (χ0) is 19.7. The van der Waals surface area contributed by atoms with E-state index >= 15 is 0 Å². The molecule has 28 heavy (non-hydrogen) atoms. The predicted molar refractivity (Wildman–Crippen MR) is 108 cm³/mol. The van der Waals surface area contributed by atoms with Gasteiger partial charge < -0.3 is 9.64 Å². The molecule has 0 unspecified atom stereocenters. The summed E-state index contributed by atoms with van der Waals surface area (Å²) < 4.78 is 4.91. The Balaban J connectivity index is 1.65. The van der Waals surface area contributed by atoms with Crippen molar-refractivity contribution in [2.24, 2.45) is 5.92 Å². The van der Waals surface area contributed by atoms with Gasteiger partial charge in [-0.15, -0.1) is 0 Å². The van der Waals surface area contributed by atoms with Crippen molar-refractivity contribution in [3.8, 4) is 0 Å². The van der Waals surface area contributed by atoms with Crippen LogP contribution in [0.3, 0.4) is 0 Å². The number of carbonyl (C=O) groups excluding carboxylic acids is 2. The highest BCUT2D eigenvalue weighted by Gasteiger charge is 2.39. The Kier molecular flexibility index (Phi) is 5.40. The molecule has 2 aromatic carbocycles. The number of benzene rings is 2. The first kappa shape index (κ1) is 19.0. The summed E-state index contributed by atoms with van der Waals surface area (Å²) in [6.07, 6.45) is 3.95. The largest absolute Gasteiger partial charge is 0.469 e. The quantitative estimate of drug-likeness (QED) is 0.698. The molecule has 4 rings (SSSR count). The van der Waals surface area contributed by atoms with Crippen molar-refractivity contribution in [3.63, 3.8) is 0 Å². The summed E-state index contributed by atoms with van der Waals surface area (Å²) in [5, 5.41) is 0.691. The molecule has 0 aromatic heterocycles. The van der Waals surface area contributed by atoms with E-state index in [9.17, 15) is 9.59 Å². The van der Waals surface area contributed by atoms with Crippen molar-refractivity contribution in [2.45, 2.75) is 44.2 Å². The zero-order valence-electron chi connectivity index (χ0n) is 15.9. The van der Waals surface area contributed by atoms with E-state index in [0.29, 0.717) is 5.02 Å². The summed E-state index contributed by atoms with van der Waals surface area (Å²) in [4.78, 5) is 27.4. The molecule has 1 heterocycles. The number of hydrogen-bond donors (Lipinski definition) is 0. The van der Waals surface area contributed by atoms with Gasteiger partial charge in [0, 0.05) is 16.6 Å². The van der Waals surface area contributed by atoms with Gasteiger partial charge in [-0.05, 0) is 61.4 Å². The van der Waals surface area contributed by atoms with Crippen LogP contribution >= 0.6 is 11.6 Å². The Morgan fingerprint density at radius 1 is 1.04 bits per heavy atom. The molecule has 5 heteroatoms.